The molecule has 1 aliphatic rings. The van der Waals surface area contributed by atoms with Crippen LogP contribution in [0.15, 0.2) is 49.4 Å². The molecule has 5 heteroatoms. The number of ketones is 1. The van der Waals surface area contributed by atoms with Crippen molar-refractivity contribution >= 4 is 54.7 Å². The van der Waals surface area contributed by atoms with Gasteiger partial charge in [0.1, 0.15) is 0 Å². The molecule has 2 rings (SSSR count). The van der Waals surface area contributed by atoms with Gasteiger partial charge in [-0.1, -0.05) is 13.8 Å². The Bertz CT molecular complexity index is 677. The molecule has 1 aromatic carbocycles. The van der Waals surface area contributed by atoms with Gasteiger partial charge in [0.05, 0.1) is 11.4 Å². The maximum absolute atomic E-state index is 12.0. The summed E-state index contributed by atoms with van der Waals surface area (Å²) in [6, 6.07) is 3.62. The zero-order valence-corrected chi connectivity index (χ0v) is 15.2. The number of hydrogen-bond donors (Lipinski definition) is 1. The molecule has 1 aliphatic carbocycles. The number of halogens is 2. The Morgan fingerprint density at radius 3 is 2.24 bits per heavy atom. The predicted octanol–water partition coefficient (Wildman–Crippen LogP) is 4.98. The van der Waals surface area contributed by atoms with Gasteiger partial charge in [0, 0.05) is 20.2 Å². The fourth-order valence-corrected chi connectivity index (χ4v) is 3.47. The summed E-state index contributed by atoms with van der Waals surface area (Å²) in [4.78, 5) is 16.7. The summed E-state index contributed by atoms with van der Waals surface area (Å²) in [6.45, 7) is 5.90. The fourth-order valence-electron chi connectivity index (χ4n) is 2.07. The smallest absolute Gasteiger partial charge is 0.182 e. The topological polar surface area (TPSA) is 55.5 Å². The summed E-state index contributed by atoms with van der Waals surface area (Å²) in [5.74, 6) is 0.238. The quantitative estimate of drug-likeness (QED) is 0.551. The van der Waals surface area contributed by atoms with E-state index < -0.39 is 0 Å². The largest absolute Gasteiger partial charge is 0.399 e. The number of nitrogens with zero attached hydrogens (tertiary/aromatic N) is 1. The minimum atomic E-state index is 0.0666. The predicted molar refractivity (Wildman–Crippen MR) is 95.0 cm³/mol. The van der Waals surface area contributed by atoms with Gasteiger partial charge in [-0.25, -0.2) is 4.99 Å². The number of hydrogen-bond acceptors (Lipinski definition) is 3. The molecule has 0 bridgehead atoms. The van der Waals surface area contributed by atoms with E-state index in [1.165, 1.54) is 0 Å². The Morgan fingerprint density at radius 1 is 1.14 bits per heavy atom. The lowest BCUT2D eigenvalue weighted by atomic mass is 9.90. The van der Waals surface area contributed by atoms with E-state index in [2.05, 4.69) is 36.9 Å². The molecule has 0 fully saturated rings. The van der Waals surface area contributed by atoms with E-state index in [-0.39, 0.29) is 11.7 Å². The summed E-state index contributed by atoms with van der Waals surface area (Å²) in [5.41, 5.74) is 9.65. The monoisotopic (exact) mass is 410 g/mol. The van der Waals surface area contributed by atoms with Crippen molar-refractivity contribution < 1.29 is 4.79 Å². The molecule has 0 aromatic heterocycles. The number of aliphatic imine (C=N–C) groups is 1. The van der Waals surface area contributed by atoms with Crippen molar-refractivity contribution in [3.8, 4) is 0 Å². The normalized spacial score (nSPS) is 17.2. The Morgan fingerprint density at radius 2 is 1.71 bits per heavy atom. The van der Waals surface area contributed by atoms with E-state index in [0.29, 0.717) is 5.69 Å². The van der Waals surface area contributed by atoms with Crippen molar-refractivity contribution in [3.05, 3.63) is 44.4 Å². The van der Waals surface area contributed by atoms with Gasteiger partial charge in [0.2, 0.25) is 0 Å². The molecule has 110 valence electrons. The Kier molecular flexibility index (Phi) is 4.84. The van der Waals surface area contributed by atoms with Crippen molar-refractivity contribution in [2.45, 2.75) is 20.8 Å². The number of anilines is 1. The first-order valence-corrected chi connectivity index (χ1v) is 8.16. The number of nitrogens with two attached hydrogens (primary N) is 1. The van der Waals surface area contributed by atoms with E-state index in [1.807, 2.05) is 39.0 Å². The van der Waals surface area contributed by atoms with Crippen LogP contribution in [0.2, 0.25) is 0 Å². The summed E-state index contributed by atoms with van der Waals surface area (Å²) in [7, 11) is 0. The van der Waals surface area contributed by atoms with Crippen molar-refractivity contribution in [2.75, 3.05) is 5.73 Å². The molecule has 3 nitrogen and oxygen atoms in total. The minimum absolute atomic E-state index is 0.0666. The van der Waals surface area contributed by atoms with Gasteiger partial charge in [-0.2, -0.15) is 0 Å². The Hall–Kier alpha value is -1.20. The second kappa shape index (κ2) is 6.28. The van der Waals surface area contributed by atoms with Gasteiger partial charge in [0.25, 0.3) is 0 Å². The molecule has 0 aliphatic heterocycles. The third-order valence-corrected chi connectivity index (χ3v) is 4.43. The van der Waals surface area contributed by atoms with Gasteiger partial charge in [-0.3, -0.25) is 4.79 Å². The van der Waals surface area contributed by atoms with Crippen molar-refractivity contribution in [2.24, 2.45) is 10.9 Å². The zero-order valence-electron chi connectivity index (χ0n) is 12.1. The molecule has 2 N–H and O–H groups in total. The number of rotatable bonds is 2. The number of allylic oxidation sites excluding steroid dienone is 4. The van der Waals surface area contributed by atoms with Gasteiger partial charge < -0.3 is 5.73 Å². The van der Waals surface area contributed by atoms with E-state index in [1.54, 1.807) is 6.08 Å². The van der Waals surface area contributed by atoms with Crippen molar-refractivity contribution in [3.63, 3.8) is 0 Å². The molecule has 0 unspecified atom stereocenters. The molecule has 0 saturated heterocycles. The third kappa shape index (κ3) is 3.52. The molecule has 0 atom stereocenters. The zero-order chi connectivity index (χ0) is 15.7. The number of carbonyl (C=O) groups is 1. The third-order valence-electron chi connectivity index (χ3n) is 3.22. The molecule has 21 heavy (non-hydrogen) atoms. The summed E-state index contributed by atoms with van der Waals surface area (Å²) in [6.07, 6.45) is 3.52. The van der Waals surface area contributed by atoms with Crippen LogP contribution in [0.25, 0.3) is 0 Å². The maximum Gasteiger partial charge on any atom is 0.182 e. The van der Waals surface area contributed by atoms with Crippen molar-refractivity contribution in [1.82, 2.24) is 0 Å². The van der Waals surface area contributed by atoms with Crippen LogP contribution in [0.3, 0.4) is 0 Å². The highest BCUT2D eigenvalue weighted by molar-refractivity contribution is 9.11. The van der Waals surface area contributed by atoms with Crippen LogP contribution in [0, 0.1) is 5.92 Å². The first-order valence-electron chi connectivity index (χ1n) is 6.57. The van der Waals surface area contributed by atoms with Crippen LogP contribution < -0.4 is 5.73 Å². The molecule has 1 aromatic rings. The van der Waals surface area contributed by atoms with Crippen LogP contribution in [-0.2, 0) is 4.79 Å². The summed E-state index contributed by atoms with van der Waals surface area (Å²) >= 11 is 6.95. The minimum Gasteiger partial charge on any atom is -0.399 e. The number of carbonyl (C=O) groups excluding carboxylic acids is 1. The second-order valence-electron chi connectivity index (χ2n) is 5.28. The highest BCUT2D eigenvalue weighted by Gasteiger charge is 2.19. The first-order chi connectivity index (χ1) is 9.79. The molecule has 0 radical (unpaired) electrons. The number of nitrogen functional groups attached to an aromatic ring is 1. The van der Waals surface area contributed by atoms with Crippen LogP contribution in [0.5, 0.6) is 0 Å². The van der Waals surface area contributed by atoms with Gasteiger partial charge in [0.15, 0.2) is 5.78 Å². The van der Waals surface area contributed by atoms with Gasteiger partial charge in [-0.05, 0) is 74.6 Å². The van der Waals surface area contributed by atoms with Crippen LogP contribution in [0.4, 0.5) is 11.4 Å². The summed E-state index contributed by atoms with van der Waals surface area (Å²) < 4.78 is 1.62. The Balaban J connectivity index is 2.55. The maximum atomic E-state index is 12.0. The first kappa shape index (κ1) is 16.2. The van der Waals surface area contributed by atoms with Crippen molar-refractivity contribution in [1.29, 1.82) is 0 Å². The fraction of sp³-hybridized carbons (Fsp3) is 0.250. The van der Waals surface area contributed by atoms with E-state index in [9.17, 15) is 4.79 Å². The van der Waals surface area contributed by atoms with E-state index >= 15 is 0 Å². The lowest BCUT2D eigenvalue weighted by Crippen LogP contribution is -2.15. The van der Waals surface area contributed by atoms with Crippen LogP contribution in [-0.4, -0.2) is 11.5 Å². The second-order valence-corrected chi connectivity index (χ2v) is 6.98. The van der Waals surface area contributed by atoms with Gasteiger partial charge >= 0.3 is 0 Å². The van der Waals surface area contributed by atoms with E-state index in [0.717, 1.165) is 31.5 Å². The van der Waals surface area contributed by atoms with E-state index in [4.69, 9.17) is 5.73 Å². The standard InChI is InChI=1S/C16H16Br2N2O/c1-8(2)11-7-14(9(3)4-15(11)21)20-16-12(17)5-10(19)6-13(16)18/h4-8H,19H2,1-3H3. The van der Waals surface area contributed by atoms with Crippen LogP contribution in [0.1, 0.15) is 20.8 Å². The average molecular weight is 412 g/mol. The lowest BCUT2D eigenvalue weighted by molar-refractivity contribution is -0.111. The van der Waals surface area contributed by atoms with Crippen LogP contribution >= 0.6 is 31.9 Å². The van der Waals surface area contributed by atoms with Gasteiger partial charge in [-0.15, -0.1) is 0 Å². The molecule has 0 heterocycles. The molecule has 0 amide bonds. The lowest BCUT2D eigenvalue weighted by Gasteiger charge is -2.16. The molecular formula is C16H16Br2N2O. The molecular weight excluding hydrogens is 396 g/mol. The molecule has 0 spiro atoms. The number of benzene rings is 1. The SMILES string of the molecule is CC1=CC(=O)C(C(C)C)=CC1=Nc1c(Br)cc(N)cc1Br. The Labute approximate surface area is 141 Å². The summed E-state index contributed by atoms with van der Waals surface area (Å²) in [5, 5.41) is 0. The highest BCUT2D eigenvalue weighted by Crippen LogP contribution is 2.36. The average Bonchev–Trinajstić information content (AvgIpc) is 2.35. The highest BCUT2D eigenvalue weighted by atomic mass is 79.9. The molecule has 0 saturated carbocycles.